The highest BCUT2D eigenvalue weighted by Gasteiger charge is 2.45. The topological polar surface area (TPSA) is 66.5 Å². The van der Waals surface area contributed by atoms with Crippen molar-refractivity contribution in [2.75, 3.05) is 6.54 Å². The average molecular weight is 475 g/mol. The number of fused-ring (bicyclic) bond motifs is 1. The van der Waals surface area contributed by atoms with Crippen LogP contribution in [-0.2, 0) is 21.0 Å². The molecule has 180 valence electrons. The molecule has 0 unspecified atom stereocenters. The first kappa shape index (κ1) is 25.0. The molecular formula is C23H33F3N2O3S. The standard InChI is InChI=1S/C23H33F3N2O3S/c1-2-3-4-5-6-9-14-28-20(16-22(29)27-18-10-7-8-11-18)19-15-17(23(24,25)26)12-13-21(19)32(28,30)31/h12-13,15,18,20H,2-11,14,16H2,1H3,(H,27,29)/t20-/m0/s1. The number of nitrogens with one attached hydrogen (secondary N) is 1. The van der Waals surface area contributed by atoms with Crippen LogP contribution in [0.4, 0.5) is 13.2 Å². The van der Waals surface area contributed by atoms with Crippen molar-refractivity contribution in [2.45, 2.75) is 101 Å². The molecule has 1 aliphatic carbocycles. The van der Waals surface area contributed by atoms with E-state index in [1.54, 1.807) is 0 Å². The van der Waals surface area contributed by atoms with Gasteiger partial charge < -0.3 is 5.32 Å². The molecular weight excluding hydrogens is 441 g/mol. The maximum absolute atomic E-state index is 13.3. The van der Waals surface area contributed by atoms with Crippen LogP contribution in [0.5, 0.6) is 0 Å². The summed E-state index contributed by atoms with van der Waals surface area (Å²) >= 11 is 0. The lowest BCUT2D eigenvalue weighted by molar-refractivity contribution is -0.137. The van der Waals surface area contributed by atoms with Gasteiger partial charge in [0.15, 0.2) is 0 Å². The van der Waals surface area contributed by atoms with Crippen LogP contribution in [0.2, 0.25) is 0 Å². The molecule has 3 rings (SSSR count). The van der Waals surface area contributed by atoms with Crippen molar-refractivity contribution >= 4 is 15.9 Å². The van der Waals surface area contributed by atoms with E-state index in [1.165, 1.54) is 4.31 Å². The highest BCUT2D eigenvalue weighted by molar-refractivity contribution is 7.89. The van der Waals surface area contributed by atoms with E-state index >= 15 is 0 Å². The molecule has 1 aromatic rings. The van der Waals surface area contributed by atoms with Gasteiger partial charge in [0.1, 0.15) is 0 Å². The van der Waals surface area contributed by atoms with Crippen LogP contribution in [0.3, 0.4) is 0 Å². The van der Waals surface area contributed by atoms with E-state index in [9.17, 15) is 26.4 Å². The molecule has 9 heteroatoms. The fourth-order valence-corrected chi connectivity index (χ4v) is 6.62. The Bertz CT molecular complexity index is 896. The number of unbranched alkanes of at least 4 members (excludes halogenated alkanes) is 5. The summed E-state index contributed by atoms with van der Waals surface area (Å²) in [5, 5.41) is 2.94. The van der Waals surface area contributed by atoms with Gasteiger partial charge in [0.25, 0.3) is 0 Å². The Morgan fingerprint density at radius 3 is 2.41 bits per heavy atom. The van der Waals surface area contributed by atoms with Gasteiger partial charge >= 0.3 is 6.18 Å². The zero-order valence-corrected chi connectivity index (χ0v) is 19.4. The van der Waals surface area contributed by atoms with Gasteiger partial charge in [-0.25, -0.2) is 8.42 Å². The second kappa shape index (κ2) is 10.5. The third-order valence-electron chi connectivity index (χ3n) is 6.46. The number of nitrogens with zero attached hydrogens (tertiary/aromatic N) is 1. The number of benzene rings is 1. The molecule has 1 amide bonds. The van der Waals surface area contributed by atoms with Gasteiger partial charge in [-0.2, -0.15) is 17.5 Å². The summed E-state index contributed by atoms with van der Waals surface area (Å²) in [6.07, 6.45) is 4.83. The summed E-state index contributed by atoms with van der Waals surface area (Å²) in [5.74, 6) is -0.310. The first-order valence-corrected chi connectivity index (χ1v) is 13.1. The minimum atomic E-state index is -4.58. The molecule has 0 saturated heterocycles. The smallest absolute Gasteiger partial charge is 0.353 e. The third kappa shape index (κ3) is 5.84. The second-order valence-corrected chi connectivity index (χ2v) is 10.8. The van der Waals surface area contributed by atoms with E-state index in [1.807, 2.05) is 0 Å². The van der Waals surface area contributed by atoms with Crippen molar-refractivity contribution in [2.24, 2.45) is 0 Å². The lowest BCUT2D eigenvalue weighted by Crippen LogP contribution is -2.37. The average Bonchev–Trinajstić information content (AvgIpc) is 3.29. The Hall–Kier alpha value is -1.61. The number of amides is 1. The van der Waals surface area contributed by atoms with Crippen molar-refractivity contribution in [1.82, 2.24) is 9.62 Å². The van der Waals surface area contributed by atoms with Crippen molar-refractivity contribution in [3.05, 3.63) is 29.3 Å². The molecule has 0 bridgehead atoms. The van der Waals surface area contributed by atoms with Gasteiger partial charge in [-0.1, -0.05) is 51.9 Å². The fraction of sp³-hybridized carbons (Fsp3) is 0.696. The number of rotatable bonds is 10. The minimum Gasteiger partial charge on any atom is -0.353 e. The summed E-state index contributed by atoms with van der Waals surface area (Å²) in [5.41, 5.74) is -0.818. The number of hydrogen-bond acceptors (Lipinski definition) is 3. The van der Waals surface area contributed by atoms with Crippen molar-refractivity contribution < 1.29 is 26.4 Å². The molecule has 0 spiro atoms. The lowest BCUT2D eigenvalue weighted by atomic mass is 10.00. The predicted octanol–water partition coefficient (Wildman–Crippen LogP) is 5.56. The van der Waals surface area contributed by atoms with Gasteiger partial charge in [-0.15, -0.1) is 0 Å². The van der Waals surface area contributed by atoms with Crippen LogP contribution in [0.25, 0.3) is 0 Å². The van der Waals surface area contributed by atoms with E-state index in [-0.39, 0.29) is 35.4 Å². The zero-order chi connectivity index (χ0) is 23.4. The number of carbonyl (C=O) groups is 1. The summed E-state index contributed by atoms with van der Waals surface area (Å²) in [7, 11) is -3.94. The summed E-state index contributed by atoms with van der Waals surface area (Å²) in [6.45, 7) is 2.32. The Kier molecular flexibility index (Phi) is 8.25. The molecule has 0 radical (unpaired) electrons. The molecule has 1 saturated carbocycles. The molecule has 1 atom stereocenters. The Labute approximate surface area is 188 Å². The van der Waals surface area contributed by atoms with Crippen molar-refractivity contribution in [1.29, 1.82) is 0 Å². The molecule has 0 aromatic heterocycles. The number of sulfonamides is 1. The SMILES string of the molecule is CCCCCCCCN1[C@@H](CC(=O)NC2CCCC2)c2cc(C(F)(F)F)ccc2S1(=O)=O. The highest BCUT2D eigenvalue weighted by atomic mass is 32.2. The molecule has 2 aliphatic rings. The molecule has 1 heterocycles. The zero-order valence-electron chi connectivity index (χ0n) is 18.6. The Morgan fingerprint density at radius 1 is 1.09 bits per heavy atom. The fourth-order valence-electron chi connectivity index (χ4n) is 4.74. The van der Waals surface area contributed by atoms with Crippen molar-refractivity contribution in [3.8, 4) is 0 Å². The Balaban J connectivity index is 1.81. The maximum atomic E-state index is 13.3. The number of halogens is 3. The normalized spacial score (nSPS) is 21.1. The summed E-state index contributed by atoms with van der Waals surface area (Å²) in [6, 6.07) is 1.90. The van der Waals surface area contributed by atoms with Crippen LogP contribution < -0.4 is 5.32 Å². The van der Waals surface area contributed by atoms with E-state index in [0.717, 1.165) is 76.0 Å². The summed E-state index contributed by atoms with van der Waals surface area (Å²) < 4.78 is 67.5. The third-order valence-corrected chi connectivity index (χ3v) is 8.44. The Morgan fingerprint density at radius 2 is 1.75 bits per heavy atom. The van der Waals surface area contributed by atoms with Crippen LogP contribution in [-0.4, -0.2) is 31.2 Å². The number of hydrogen-bond donors (Lipinski definition) is 1. The molecule has 1 fully saturated rings. The first-order chi connectivity index (χ1) is 15.1. The quantitative estimate of drug-likeness (QED) is 0.452. The van der Waals surface area contributed by atoms with Crippen LogP contribution in [0, 0.1) is 0 Å². The monoisotopic (exact) mass is 474 g/mol. The molecule has 32 heavy (non-hydrogen) atoms. The molecule has 5 nitrogen and oxygen atoms in total. The molecule has 1 aliphatic heterocycles. The number of alkyl halides is 3. The van der Waals surface area contributed by atoms with Gasteiger partial charge in [0.2, 0.25) is 15.9 Å². The molecule has 1 aromatic carbocycles. The van der Waals surface area contributed by atoms with E-state index in [4.69, 9.17) is 0 Å². The van der Waals surface area contributed by atoms with Crippen molar-refractivity contribution in [3.63, 3.8) is 0 Å². The summed E-state index contributed by atoms with van der Waals surface area (Å²) in [4.78, 5) is 12.6. The lowest BCUT2D eigenvalue weighted by Gasteiger charge is -2.24. The van der Waals surface area contributed by atoms with E-state index in [0.29, 0.717) is 6.42 Å². The van der Waals surface area contributed by atoms with E-state index < -0.39 is 27.8 Å². The largest absolute Gasteiger partial charge is 0.416 e. The maximum Gasteiger partial charge on any atom is 0.416 e. The van der Waals surface area contributed by atoms with Gasteiger partial charge in [-0.3, -0.25) is 4.79 Å². The highest BCUT2D eigenvalue weighted by Crippen LogP contribution is 2.44. The van der Waals surface area contributed by atoms with Gasteiger partial charge in [-0.05, 0) is 43.0 Å². The predicted molar refractivity (Wildman–Crippen MR) is 116 cm³/mol. The second-order valence-electron chi connectivity index (χ2n) is 8.90. The van der Waals surface area contributed by atoms with Gasteiger partial charge in [0, 0.05) is 19.0 Å². The molecule has 1 N–H and O–H groups in total. The van der Waals surface area contributed by atoms with Crippen LogP contribution in [0.15, 0.2) is 23.1 Å². The van der Waals surface area contributed by atoms with Crippen LogP contribution >= 0.6 is 0 Å². The van der Waals surface area contributed by atoms with Gasteiger partial charge in [0.05, 0.1) is 16.5 Å². The minimum absolute atomic E-state index is 0.0634. The number of carbonyl (C=O) groups excluding carboxylic acids is 1. The van der Waals surface area contributed by atoms with E-state index in [2.05, 4.69) is 12.2 Å². The first-order valence-electron chi connectivity index (χ1n) is 11.7. The van der Waals surface area contributed by atoms with Crippen LogP contribution in [0.1, 0.15) is 94.7 Å².